The third-order valence-corrected chi connectivity index (χ3v) is 1.67. The number of carbonyl (C=O) groups is 1. The maximum atomic E-state index is 10.4. The van der Waals surface area contributed by atoms with Gasteiger partial charge in [-0.2, -0.15) is 5.10 Å². The number of rotatable bonds is 3. The third-order valence-electron chi connectivity index (χ3n) is 1.67. The molecule has 0 radical (unpaired) electrons. The van der Waals surface area contributed by atoms with E-state index >= 15 is 0 Å². The summed E-state index contributed by atoms with van der Waals surface area (Å²) >= 11 is 0. The third kappa shape index (κ3) is 1.99. The minimum atomic E-state index is -0.974. The van der Waals surface area contributed by atoms with E-state index in [0.717, 1.165) is 0 Å². The van der Waals surface area contributed by atoms with Crippen molar-refractivity contribution in [2.24, 2.45) is 0 Å². The molecule has 1 aromatic heterocycles. The van der Waals surface area contributed by atoms with Crippen molar-refractivity contribution >= 4 is 5.97 Å². The van der Waals surface area contributed by atoms with Gasteiger partial charge in [0.25, 0.3) is 0 Å². The summed E-state index contributed by atoms with van der Waals surface area (Å²) in [5.41, 5.74) is 0.348. The van der Waals surface area contributed by atoms with Gasteiger partial charge in [-0.1, -0.05) is 0 Å². The largest absolute Gasteiger partial charge is 0.493 e. The van der Waals surface area contributed by atoms with E-state index in [2.05, 4.69) is 5.10 Å². The number of aliphatic carboxylic acids is 1. The summed E-state index contributed by atoms with van der Waals surface area (Å²) in [6.45, 7) is 3.72. The summed E-state index contributed by atoms with van der Waals surface area (Å²) in [4.78, 5) is 10.4. The number of hydrogen-bond acceptors (Lipinski definition) is 3. The Hall–Kier alpha value is -1.52. The zero-order chi connectivity index (χ0) is 10.0. The Morgan fingerprint density at radius 2 is 2.31 bits per heavy atom. The lowest BCUT2D eigenvalue weighted by Crippen LogP contribution is -2.03. The SMILES string of the molecule is CC(C)n1ncc(CC(=O)O)c1O. The molecule has 13 heavy (non-hydrogen) atoms. The highest BCUT2D eigenvalue weighted by atomic mass is 16.4. The van der Waals surface area contributed by atoms with Crippen LogP contribution in [0.4, 0.5) is 0 Å². The Labute approximate surface area is 75.6 Å². The molecule has 0 bridgehead atoms. The van der Waals surface area contributed by atoms with Crippen molar-refractivity contribution < 1.29 is 15.0 Å². The first-order valence-electron chi connectivity index (χ1n) is 3.99. The molecule has 0 aromatic carbocycles. The van der Waals surface area contributed by atoms with E-state index in [0.29, 0.717) is 5.56 Å². The fraction of sp³-hybridized carbons (Fsp3) is 0.500. The standard InChI is InChI=1S/C8H12N2O3/c1-5(2)10-8(13)6(4-9-10)3-7(11)12/h4-5,13H,3H2,1-2H3,(H,11,12). The van der Waals surface area contributed by atoms with Gasteiger partial charge < -0.3 is 10.2 Å². The summed E-state index contributed by atoms with van der Waals surface area (Å²) in [5.74, 6) is -1.03. The van der Waals surface area contributed by atoms with Crippen LogP contribution in [-0.4, -0.2) is 26.0 Å². The molecule has 5 nitrogen and oxygen atoms in total. The van der Waals surface area contributed by atoms with E-state index in [1.54, 1.807) is 0 Å². The zero-order valence-electron chi connectivity index (χ0n) is 7.56. The molecular weight excluding hydrogens is 172 g/mol. The lowest BCUT2D eigenvalue weighted by Gasteiger charge is -2.06. The van der Waals surface area contributed by atoms with Crippen LogP contribution in [0.1, 0.15) is 25.5 Å². The van der Waals surface area contributed by atoms with Gasteiger partial charge in [0.1, 0.15) is 0 Å². The lowest BCUT2D eigenvalue weighted by atomic mass is 10.2. The summed E-state index contributed by atoms with van der Waals surface area (Å²) in [6.07, 6.45) is 1.18. The van der Waals surface area contributed by atoms with Crippen molar-refractivity contribution in [3.63, 3.8) is 0 Å². The molecule has 0 spiro atoms. The fourth-order valence-corrected chi connectivity index (χ4v) is 1.06. The van der Waals surface area contributed by atoms with Crippen molar-refractivity contribution in [1.82, 2.24) is 9.78 Å². The van der Waals surface area contributed by atoms with Gasteiger partial charge in [0.2, 0.25) is 5.88 Å². The van der Waals surface area contributed by atoms with E-state index in [-0.39, 0.29) is 18.3 Å². The van der Waals surface area contributed by atoms with Crippen LogP contribution in [0, 0.1) is 0 Å². The van der Waals surface area contributed by atoms with E-state index in [1.807, 2.05) is 13.8 Å². The van der Waals surface area contributed by atoms with Gasteiger partial charge in [0.05, 0.1) is 18.7 Å². The number of hydrogen-bond donors (Lipinski definition) is 2. The summed E-state index contributed by atoms with van der Waals surface area (Å²) < 4.78 is 1.39. The Balaban J connectivity index is 2.92. The molecule has 0 fully saturated rings. The molecule has 1 aromatic rings. The van der Waals surface area contributed by atoms with E-state index in [1.165, 1.54) is 10.9 Å². The summed E-state index contributed by atoms with van der Waals surface area (Å²) in [7, 11) is 0. The van der Waals surface area contributed by atoms with Crippen LogP contribution < -0.4 is 0 Å². The Kier molecular flexibility index (Phi) is 2.55. The van der Waals surface area contributed by atoms with E-state index < -0.39 is 5.97 Å². The molecule has 1 heterocycles. The number of carboxylic acids is 1. The number of aromatic nitrogens is 2. The maximum Gasteiger partial charge on any atom is 0.308 e. The fourth-order valence-electron chi connectivity index (χ4n) is 1.06. The average Bonchev–Trinajstić information content (AvgIpc) is 2.32. The lowest BCUT2D eigenvalue weighted by molar-refractivity contribution is -0.136. The number of aromatic hydroxyl groups is 1. The molecule has 1 rings (SSSR count). The van der Waals surface area contributed by atoms with Crippen LogP contribution in [0.25, 0.3) is 0 Å². The summed E-state index contributed by atoms with van der Waals surface area (Å²) in [5, 5.41) is 21.8. The van der Waals surface area contributed by atoms with Gasteiger partial charge in [-0.15, -0.1) is 0 Å². The molecule has 2 N–H and O–H groups in total. The molecule has 0 unspecified atom stereocenters. The van der Waals surface area contributed by atoms with Crippen LogP contribution in [0.3, 0.4) is 0 Å². The van der Waals surface area contributed by atoms with Crippen molar-refractivity contribution in [2.45, 2.75) is 26.3 Å². The van der Waals surface area contributed by atoms with Gasteiger partial charge in [-0.05, 0) is 13.8 Å². The quantitative estimate of drug-likeness (QED) is 0.728. The van der Waals surface area contributed by atoms with Crippen LogP contribution in [0.15, 0.2) is 6.20 Å². The van der Waals surface area contributed by atoms with E-state index in [9.17, 15) is 9.90 Å². The summed E-state index contributed by atoms with van der Waals surface area (Å²) in [6, 6.07) is 0.0301. The van der Waals surface area contributed by atoms with Crippen molar-refractivity contribution in [3.8, 4) is 5.88 Å². The van der Waals surface area contributed by atoms with Crippen LogP contribution in [0.5, 0.6) is 5.88 Å². The van der Waals surface area contributed by atoms with Gasteiger partial charge in [-0.25, -0.2) is 4.68 Å². The minimum Gasteiger partial charge on any atom is -0.493 e. The zero-order valence-corrected chi connectivity index (χ0v) is 7.56. The highest BCUT2D eigenvalue weighted by molar-refractivity contribution is 5.70. The average molecular weight is 184 g/mol. The smallest absolute Gasteiger partial charge is 0.308 e. The van der Waals surface area contributed by atoms with Crippen molar-refractivity contribution in [2.75, 3.05) is 0 Å². The number of nitrogens with zero attached hydrogens (tertiary/aromatic N) is 2. The topological polar surface area (TPSA) is 75.4 Å². The molecule has 0 aliphatic heterocycles. The van der Waals surface area contributed by atoms with Crippen LogP contribution >= 0.6 is 0 Å². The molecule has 0 amide bonds. The highest BCUT2D eigenvalue weighted by Gasteiger charge is 2.13. The van der Waals surface area contributed by atoms with Gasteiger partial charge in [-0.3, -0.25) is 4.79 Å². The van der Waals surface area contributed by atoms with Crippen LogP contribution in [-0.2, 0) is 11.2 Å². The minimum absolute atomic E-state index is 0.0301. The van der Waals surface area contributed by atoms with Gasteiger partial charge >= 0.3 is 5.97 Å². The molecule has 72 valence electrons. The molecule has 0 aliphatic carbocycles. The predicted molar refractivity (Wildman–Crippen MR) is 45.6 cm³/mol. The second-order valence-electron chi connectivity index (χ2n) is 3.10. The first-order valence-corrected chi connectivity index (χ1v) is 3.99. The first-order chi connectivity index (χ1) is 6.02. The second-order valence-corrected chi connectivity index (χ2v) is 3.10. The monoisotopic (exact) mass is 184 g/mol. The predicted octanol–water partition coefficient (Wildman–Crippen LogP) is 0.797. The van der Waals surface area contributed by atoms with Gasteiger partial charge in [0, 0.05) is 5.56 Å². The molecule has 0 saturated heterocycles. The number of carboxylic acid groups (broad SMARTS) is 1. The highest BCUT2D eigenvalue weighted by Crippen LogP contribution is 2.20. The Morgan fingerprint density at radius 1 is 1.69 bits per heavy atom. The molecule has 0 aliphatic rings. The Bertz CT molecular complexity index is 317. The Morgan fingerprint density at radius 3 is 2.69 bits per heavy atom. The van der Waals surface area contributed by atoms with E-state index in [4.69, 9.17) is 5.11 Å². The van der Waals surface area contributed by atoms with Crippen molar-refractivity contribution in [3.05, 3.63) is 11.8 Å². The molecule has 0 atom stereocenters. The van der Waals surface area contributed by atoms with Crippen molar-refractivity contribution in [1.29, 1.82) is 0 Å². The normalized spacial score (nSPS) is 10.7. The maximum absolute atomic E-state index is 10.4. The second kappa shape index (κ2) is 3.47. The van der Waals surface area contributed by atoms with Gasteiger partial charge in [0.15, 0.2) is 0 Å². The first kappa shape index (κ1) is 9.57. The molecule has 0 saturated carbocycles. The molecular formula is C8H12N2O3. The van der Waals surface area contributed by atoms with Crippen LogP contribution in [0.2, 0.25) is 0 Å². The molecule has 5 heteroatoms.